The highest BCUT2D eigenvalue weighted by molar-refractivity contribution is 5.97. The molecule has 2 N–H and O–H groups in total. The van der Waals surface area contributed by atoms with Gasteiger partial charge in [0.2, 0.25) is 0 Å². The van der Waals surface area contributed by atoms with Crippen LogP contribution in [0.5, 0.6) is 0 Å². The van der Waals surface area contributed by atoms with E-state index < -0.39 is 0 Å². The van der Waals surface area contributed by atoms with Crippen LogP contribution in [0.1, 0.15) is 48.9 Å². The highest BCUT2D eigenvalue weighted by Crippen LogP contribution is 2.20. The van der Waals surface area contributed by atoms with Gasteiger partial charge in [0.15, 0.2) is 0 Å². The van der Waals surface area contributed by atoms with Gasteiger partial charge in [-0.1, -0.05) is 18.9 Å². The molecule has 1 heterocycles. The van der Waals surface area contributed by atoms with E-state index in [0.29, 0.717) is 17.3 Å². The summed E-state index contributed by atoms with van der Waals surface area (Å²) in [5.74, 6) is -0.0617. The van der Waals surface area contributed by atoms with Crippen LogP contribution >= 0.6 is 0 Å². The number of likely N-dealkylation sites (tertiary alicyclic amines) is 1. The lowest BCUT2D eigenvalue weighted by atomic mass is 10.2. The van der Waals surface area contributed by atoms with Crippen molar-refractivity contribution in [2.75, 3.05) is 18.4 Å². The monoisotopic (exact) mass is 301 g/mol. The maximum Gasteiger partial charge on any atom is 0.321 e. The molecule has 1 aliphatic carbocycles. The van der Waals surface area contributed by atoms with E-state index in [1.807, 2.05) is 11.0 Å². The average molecular weight is 301 g/mol. The van der Waals surface area contributed by atoms with Gasteiger partial charge < -0.3 is 15.5 Å². The van der Waals surface area contributed by atoms with Gasteiger partial charge in [0.1, 0.15) is 0 Å². The molecule has 0 bridgehead atoms. The smallest absolute Gasteiger partial charge is 0.321 e. The van der Waals surface area contributed by atoms with E-state index in [1.54, 1.807) is 18.2 Å². The molecule has 118 valence electrons. The summed E-state index contributed by atoms with van der Waals surface area (Å²) in [6.45, 7) is 1.63. The molecule has 1 aromatic carbocycles. The summed E-state index contributed by atoms with van der Waals surface area (Å²) in [5.41, 5.74) is 1.28. The number of amides is 3. The molecule has 3 amide bonds. The van der Waals surface area contributed by atoms with Gasteiger partial charge >= 0.3 is 6.03 Å². The number of nitrogens with zero attached hydrogens (tertiary/aromatic N) is 1. The van der Waals surface area contributed by atoms with Crippen LogP contribution in [0.4, 0.5) is 10.5 Å². The molecule has 0 aromatic heterocycles. The molecular weight excluding hydrogens is 278 g/mol. The van der Waals surface area contributed by atoms with Crippen LogP contribution < -0.4 is 10.6 Å². The van der Waals surface area contributed by atoms with Gasteiger partial charge in [-0.3, -0.25) is 4.79 Å². The fourth-order valence-corrected chi connectivity index (χ4v) is 2.71. The van der Waals surface area contributed by atoms with Crippen LogP contribution in [0.3, 0.4) is 0 Å². The fourth-order valence-electron chi connectivity index (χ4n) is 2.71. The maximum atomic E-state index is 12.3. The molecule has 22 heavy (non-hydrogen) atoms. The molecular formula is C17H23N3O2. The third-order valence-corrected chi connectivity index (χ3v) is 4.18. The van der Waals surface area contributed by atoms with Crippen molar-refractivity contribution >= 4 is 17.6 Å². The second-order valence-corrected chi connectivity index (χ2v) is 6.16. The zero-order chi connectivity index (χ0) is 15.4. The Balaban J connectivity index is 1.61. The molecule has 1 saturated heterocycles. The molecule has 2 fully saturated rings. The summed E-state index contributed by atoms with van der Waals surface area (Å²) in [6, 6.07) is 7.42. The Morgan fingerprint density at radius 2 is 1.77 bits per heavy atom. The zero-order valence-electron chi connectivity index (χ0n) is 12.8. The molecule has 0 spiro atoms. The van der Waals surface area contributed by atoms with Crippen LogP contribution in [0.25, 0.3) is 0 Å². The van der Waals surface area contributed by atoms with Gasteiger partial charge in [0.05, 0.1) is 0 Å². The average Bonchev–Trinajstić information content (AvgIpc) is 3.33. The van der Waals surface area contributed by atoms with Gasteiger partial charge in [-0.15, -0.1) is 0 Å². The fraction of sp³-hybridized carbons (Fsp3) is 0.529. The third kappa shape index (κ3) is 4.00. The normalized spacial score (nSPS) is 18.5. The van der Waals surface area contributed by atoms with Crippen molar-refractivity contribution < 1.29 is 9.59 Å². The minimum Gasteiger partial charge on any atom is -0.349 e. The van der Waals surface area contributed by atoms with E-state index in [4.69, 9.17) is 0 Å². The highest BCUT2D eigenvalue weighted by atomic mass is 16.2. The molecule has 1 saturated carbocycles. The molecule has 2 aliphatic rings. The van der Waals surface area contributed by atoms with E-state index >= 15 is 0 Å². The summed E-state index contributed by atoms with van der Waals surface area (Å²) in [7, 11) is 0. The molecule has 1 aliphatic heterocycles. The quantitative estimate of drug-likeness (QED) is 0.901. The summed E-state index contributed by atoms with van der Waals surface area (Å²) in [5, 5.41) is 5.87. The molecule has 5 heteroatoms. The Labute approximate surface area is 131 Å². The van der Waals surface area contributed by atoms with Crippen molar-refractivity contribution in [3.05, 3.63) is 29.8 Å². The topological polar surface area (TPSA) is 61.4 Å². The first-order chi connectivity index (χ1) is 10.7. The van der Waals surface area contributed by atoms with E-state index in [9.17, 15) is 9.59 Å². The minimum absolute atomic E-state index is 0.0617. The molecule has 0 atom stereocenters. The second kappa shape index (κ2) is 6.81. The van der Waals surface area contributed by atoms with Gasteiger partial charge in [-0.2, -0.15) is 0 Å². The van der Waals surface area contributed by atoms with Crippen molar-refractivity contribution in [1.29, 1.82) is 0 Å². The van der Waals surface area contributed by atoms with Crippen LogP contribution in [-0.2, 0) is 0 Å². The Morgan fingerprint density at radius 1 is 1.05 bits per heavy atom. The number of nitrogens with one attached hydrogen (secondary N) is 2. The standard InChI is InChI=1S/C17H23N3O2/c21-16(18-14-8-9-14)13-6-5-7-15(12-13)19-17(22)20-10-3-1-2-4-11-20/h5-7,12,14H,1-4,8-11H2,(H,18,21)(H,19,22). The van der Waals surface area contributed by atoms with Gasteiger partial charge in [-0.25, -0.2) is 4.79 Å². The zero-order valence-corrected chi connectivity index (χ0v) is 12.8. The number of anilines is 1. The lowest BCUT2D eigenvalue weighted by Gasteiger charge is -2.21. The summed E-state index contributed by atoms with van der Waals surface area (Å²) < 4.78 is 0. The first-order valence-corrected chi connectivity index (χ1v) is 8.19. The van der Waals surface area contributed by atoms with Crippen molar-refractivity contribution in [1.82, 2.24) is 10.2 Å². The molecule has 1 aromatic rings. The lowest BCUT2D eigenvalue weighted by molar-refractivity contribution is 0.0951. The Morgan fingerprint density at radius 3 is 2.45 bits per heavy atom. The number of hydrogen-bond donors (Lipinski definition) is 2. The predicted molar refractivity (Wildman–Crippen MR) is 86.0 cm³/mol. The molecule has 0 radical (unpaired) electrons. The Bertz CT molecular complexity index is 547. The van der Waals surface area contributed by atoms with E-state index in [1.165, 1.54) is 12.8 Å². The summed E-state index contributed by atoms with van der Waals surface area (Å²) in [6.07, 6.45) is 6.66. The molecule has 3 rings (SSSR count). The number of benzene rings is 1. The molecule has 5 nitrogen and oxygen atoms in total. The van der Waals surface area contributed by atoms with Crippen molar-refractivity contribution in [2.45, 2.75) is 44.6 Å². The van der Waals surface area contributed by atoms with E-state index in [0.717, 1.165) is 38.8 Å². The van der Waals surface area contributed by atoms with E-state index in [-0.39, 0.29) is 11.9 Å². The largest absolute Gasteiger partial charge is 0.349 e. The first-order valence-electron chi connectivity index (χ1n) is 8.19. The van der Waals surface area contributed by atoms with Crippen LogP contribution in [0, 0.1) is 0 Å². The van der Waals surface area contributed by atoms with Crippen molar-refractivity contribution in [2.24, 2.45) is 0 Å². The number of carbonyl (C=O) groups is 2. The number of carbonyl (C=O) groups excluding carboxylic acids is 2. The number of urea groups is 1. The first kappa shape index (κ1) is 14.9. The Hall–Kier alpha value is -2.04. The molecule has 0 unspecified atom stereocenters. The Kier molecular flexibility index (Phi) is 4.61. The number of hydrogen-bond acceptors (Lipinski definition) is 2. The lowest BCUT2D eigenvalue weighted by Crippen LogP contribution is -2.35. The van der Waals surface area contributed by atoms with E-state index in [2.05, 4.69) is 10.6 Å². The van der Waals surface area contributed by atoms with Crippen LogP contribution in [0.15, 0.2) is 24.3 Å². The van der Waals surface area contributed by atoms with Crippen LogP contribution in [-0.4, -0.2) is 36.0 Å². The number of rotatable bonds is 3. The highest BCUT2D eigenvalue weighted by Gasteiger charge is 2.24. The summed E-state index contributed by atoms with van der Waals surface area (Å²) in [4.78, 5) is 26.2. The maximum absolute atomic E-state index is 12.3. The summed E-state index contributed by atoms with van der Waals surface area (Å²) >= 11 is 0. The third-order valence-electron chi connectivity index (χ3n) is 4.18. The van der Waals surface area contributed by atoms with Crippen molar-refractivity contribution in [3.63, 3.8) is 0 Å². The SMILES string of the molecule is O=C(NC1CC1)c1cccc(NC(=O)N2CCCCCC2)c1. The predicted octanol–water partition coefficient (Wildman–Crippen LogP) is 2.99. The van der Waals surface area contributed by atoms with Crippen LogP contribution in [0.2, 0.25) is 0 Å². The minimum atomic E-state index is -0.0679. The van der Waals surface area contributed by atoms with Gasteiger partial charge in [0.25, 0.3) is 5.91 Å². The second-order valence-electron chi connectivity index (χ2n) is 6.16. The van der Waals surface area contributed by atoms with Crippen molar-refractivity contribution in [3.8, 4) is 0 Å². The van der Waals surface area contributed by atoms with Gasteiger partial charge in [-0.05, 0) is 43.9 Å². The van der Waals surface area contributed by atoms with Gasteiger partial charge in [0, 0.05) is 30.4 Å².